The van der Waals surface area contributed by atoms with E-state index < -0.39 is 0 Å². The van der Waals surface area contributed by atoms with E-state index in [2.05, 4.69) is 0 Å². The lowest BCUT2D eigenvalue weighted by Crippen LogP contribution is -2.09. The average Bonchev–Trinajstić information content (AvgIpc) is 2.81. The quantitative estimate of drug-likeness (QED) is 0.658. The van der Waals surface area contributed by atoms with Gasteiger partial charge in [-0.05, 0) is 36.4 Å². The van der Waals surface area contributed by atoms with Crippen LogP contribution >= 0.6 is 11.6 Å². The minimum atomic E-state index is -0.281. The summed E-state index contributed by atoms with van der Waals surface area (Å²) in [4.78, 5) is 12.2. The average molecular weight is 288 g/mol. The zero-order chi connectivity index (χ0) is 14.1. The summed E-state index contributed by atoms with van der Waals surface area (Å²) in [5, 5.41) is 1.32. The fourth-order valence-electron chi connectivity index (χ4n) is 2.22. The van der Waals surface area contributed by atoms with Crippen LogP contribution in [0.4, 0.5) is 4.39 Å². The molecule has 2 nitrogen and oxygen atoms in total. The van der Waals surface area contributed by atoms with Gasteiger partial charge in [-0.3, -0.25) is 4.79 Å². The summed E-state index contributed by atoms with van der Waals surface area (Å²) < 4.78 is 14.9. The molecular formula is C16H11ClFNO. The molecule has 1 heterocycles. The van der Waals surface area contributed by atoms with Crippen LogP contribution in [0.2, 0.25) is 5.02 Å². The molecular weight excluding hydrogens is 277 g/mol. The normalized spacial score (nSPS) is 10.9. The van der Waals surface area contributed by atoms with Gasteiger partial charge in [0.15, 0.2) is 5.78 Å². The van der Waals surface area contributed by atoms with Gasteiger partial charge in [-0.15, -0.1) is 0 Å². The Balaban J connectivity index is 1.91. The summed E-state index contributed by atoms with van der Waals surface area (Å²) in [7, 11) is 0. The van der Waals surface area contributed by atoms with Gasteiger partial charge in [-0.2, -0.15) is 0 Å². The molecule has 2 aromatic carbocycles. The van der Waals surface area contributed by atoms with E-state index in [4.69, 9.17) is 11.6 Å². The largest absolute Gasteiger partial charge is 0.340 e. The Kier molecular flexibility index (Phi) is 3.28. The maximum absolute atomic E-state index is 13.1. The van der Waals surface area contributed by atoms with Gasteiger partial charge in [0.05, 0.1) is 6.54 Å². The highest BCUT2D eigenvalue weighted by Gasteiger charge is 2.09. The zero-order valence-electron chi connectivity index (χ0n) is 10.5. The standard InChI is InChI=1S/C16H11ClFNO/c17-13-3-1-2-12(8-13)16(20)10-19-7-6-11-9-14(18)4-5-15(11)19/h1-9H,10H2. The van der Waals surface area contributed by atoms with E-state index in [-0.39, 0.29) is 18.1 Å². The van der Waals surface area contributed by atoms with E-state index in [1.54, 1.807) is 47.2 Å². The number of benzene rings is 2. The number of halogens is 2. The third kappa shape index (κ3) is 2.45. The molecule has 1 aromatic heterocycles. The molecule has 4 heteroatoms. The predicted octanol–water partition coefficient (Wildman–Crippen LogP) is 4.32. The van der Waals surface area contributed by atoms with Crippen LogP contribution in [0.15, 0.2) is 54.7 Å². The van der Waals surface area contributed by atoms with Gasteiger partial charge < -0.3 is 4.57 Å². The molecule has 0 saturated carbocycles. The van der Waals surface area contributed by atoms with Crippen molar-refractivity contribution in [3.63, 3.8) is 0 Å². The third-order valence-corrected chi connectivity index (χ3v) is 3.43. The topological polar surface area (TPSA) is 22.0 Å². The highest BCUT2D eigenvalue weighted by atomic mass is 35.5. The number of hydrogen-bond acceptors (Lipinski definition) is 1. The SMILES string of the molecule is O=C(Cn1ccc2cc(F)ccc21)c1cccc(Cl)c1. The second kappa shape index (κ2) is 5.10. The van der Waals surface area contributed by atoms with Crippen molar-refractivity contribution in [2.45, 2.75) is 6.54 Å². The van der Waals surface area contributed by atoms with Gasteiger partial charge in [-0.1, -0.05) is 23.7 Å². The molecule has 0 saturated heterocycles. The second-order valence-corrected chi connectivity index (χ2v) is 5.02. The molecule has 0 aliphatic heterocycles. The number of ketones is 1. The van der Waals surface area contributed by atoms with Crippen molar-refractivity contribution < 1.29 is 9.18 Å². The Morgan fingerprint density at radius 3 is 2.80 bits per heavy atom. The van der Waals surface area contributed by atoms with Crippen molar-refractivity contribution in [2.75, 3.05) is 0 Å². The van der Waals surface area contributed by atoms with Gasteiger partial charge in [0, 0.05) is 27.7 Å². The molecule has 0 aliphatic rings. The first-order valence-corrected chi connectivity index (χ1v) is 6.54. The minimum Gasteiger partial charge on any atom is -0.340 e. The maximum atomic E-state index is 13.1. The zero-order valence-corrected chi connectivity index (χ0v) is 11.3. The van der Waals surface area contributed by atoms with Crippen LogP contribution in [-0.2, 0) is 6.54 Å². The molecule has 0 atom stereocenters. The summed E-state index contributed by atoms with van der Waals surface area (Å²) in [5.41, 5.74) is 1.41. The Morgan fingerprint density at radius 2 is 2.00 bits per heavy atom. The summed E-state index contributed by atoms with van der Waals surface area (Å²) in [6.07, 6.45) is 1.78. The molecule has 20 heavy (non-hydrogen) atoms. The van der Waals surface area contributed by atoms with E-state index in [0.717, 1.165) is 10.9 Å². The molecule has 0 fully saturated rings. The summed E-state index contributed by atoms with van der Waals surface area (Å²) in [6.45, 7) is 0.204. The van der Waals surface area contributed by atoms with Crippen molar-refractivity contribution in [2.24, 2.45) is 0 Å². The number of fused-ring (bicyclic) bond motifs is 1. The number of carbonyl (C=O) groups excluding carboxylic acids is 1. The first kappa shape index (κ1) is 12.9. The van der Waals surface area contributed by atoms with Crippen LogP contribution in [0.5, 0.6) is 0 Å². The molecule has 3 aromatic rings. The van der Waals surface area contributed by atoms with Crippen LogP contribution in [0, 0.1) is 5.82 Å². The number of nitrogens with zero attached hydrogens (tertiary/aromatic N) is 1. The van der Waals surface area contributed by atoms with Crippen molar-refractivity contribution >= 4 is 28.3 Å². The van der Waals surface area contributed by atoms with Crippen LogP contribution in [0.25, 0.3) is 10.9 Å². The number of hydrogen-bond donors (Lipinski definition) is 0. The molecule has 0 amide bonds. The maximum Gasteiger partial charge on any atom is 0.182 e. The smallest absolute Gasteiger partial charge is 0.182 e. The number of rotatable bonds is 3. The Morgan fingerprint density at radius 1 is 1.15 bits per heavy atom. The first-order valence-electron chi connectivity index (χ1n) is 6.17. The molecule has 0 N–H and O–H groups in total. The van der Waals surface area contributed by atoms with Crippen LogP contribution in [0.1, 0.15) is 10.4 Å². The van der Waals surface area contributed by atoms with Crippen molar-refractivity contribution in [3.05, 3.63) is 71.1 Å². The summed E-state index contributed by atoms with van der Waals surface area (Å²) in [6, 6.07) is 13.2. The van der Waals surface area contributed by atoms with Gasteiger partial charge in [0.1, 0.15) is 5.82 Å². The Bertz CT molecular complexity index is 794. The summed E-state index contributed by atoms with van der Waals surface area (Å²) >= 11 is 5.88. The van der Waals surface area contributed by atoms with Crippen LogP contribution in [0.3, 0.4) is 0 Å². The number of aromatic nitrogens is 1. The van der Waals surface area contributed by atoms with Gasteiger partial charge >= 0.3 is 0 Å². The lowest BCUT2D eigenvalue weighted by molar-refractivity contribution is 0.0973. The van der Waals surface area contributed by atoms with Gasteiger partial charge in [0.25, 0.3) is 0 Å². The molecule has 100 valence electrons. The monoisotopic (exact) mass is 287 g/mol. The fourth-order valence-corrected chi connectivity index (χ4v) is 2.41. The minimum absolute atomic E-state index is 0.0330. The Hall–Kier alpha value is -2.13. The predicted molar refractivity (Wildman–Crippen MR) is 77.7 cm³/mol. The van der Waals surface area contributed by atoms with Crippen LogP contribution in [-0.4, -0.2) is 10.4 Å². The molecule has 0 bridgehead atoms. The fraction of sp³-hybridized carbons (Fsp3) is 0.0625. The van der Waals surface area contributed by atoms with Gasteiger partial charge in [0.2, 0.25) is 0 Å². The molecule has 0 unspecified atom stereocenters. The van der Waals surface area contributed by atoms with E-state index in [1.165, 1.54) is 12.1 Å². The number of Topliss-reactive ketones (excluding diaryl/α,β-unsaturated/α-hetero) is 1. The second-order valence-electron chi connectivity index (χ2n) is 4.58. The third-order valence-electron chi connectivity index (χ3n) is 3.19. The van der Waals surface area contributed by atoms with Crippen LogP contribution < -0.4 is 0 Å². The van der Waals surface area contributed by atoms with E-state index in [9.17, 15) is 9.18 Å². The van der Waals surface area contributed by atoms with Crippen molar-refractivity contribution in [3.8, 4) is 0 Å². The molecule has 0 aliphatic carbocycles. The lowest BCUT2D eigenvalue weighted by atomic mass is 10.1. The van der Waals surface area contributed by atoms with Gasteiger partial charge in [-0.25, -0.2) is 4.39 Å². The molecule has 0 spiro atoms. The number of carbonyl (C=O) groups is 1. The summed E-state index contributed by atoms with van der Waals surface area (Å²) in [5.74, 6) is -0.314. The lowest BCUT2D eigenvalue weighted by Gasteiger charge is -2.05. The van der Waals surface area contributed by atoms with Crippen molar-refractivity contribution in [1.29, 1.82) is 0 Å². The van der Waals surface area contributed by atoms with E-state index in [1.807, 2.05) is 0 Å². The molecule has 0 radical (unpaired) electrons. The van der Waals surface area contributed by atoms with E-state index in [0.29, 0.717) is 10.6 Å². The Labute approximate surface area is 120 Å². The highest BCUT2D eigenvalue weighted by Crippen LogP contribution is 2.18. The first-order chi connectivity index (χ1) is 9.63. The van der Waals surface area contributed by atoms with Crippen molar-refractivity contribution in [1.82, 2.24) is 4.57 Å². The molecule has 3 rings (SSSR count). The highest BCUT2D eigenvalue weighted by molar-refractivity contribution is 6.31. The van der Waals surface area contributed by atoms with E-state index >= 15 is 0 Å².